The Hall–Kier alpha value is -0.590. The molecule has 3 unspecified atom stereocenters. The lowest BCUT2D eigenvalue weighted by molar-refractivity contribution is -0.0496. The van der Waals surface area contributed by atoms with Crippen molar-refractivity contribution < 1.29 is 9.47 Å². The smallest absolute Gasteiger partial charge is 0.0788 e. The first-order chi connectivity index (χ1) is 6.73. The molecule has 3 heteroatoms. The molecular formula is C11H17NO2. The minimum Gasteiger partial charge on any atom is -0.381 e. The summed E-state index contributed by atoms with van der Waals surface area (Å²) in [6, 6.07) is 2.21. The van der Waals surface area contributed by atoms with Crippen LogP contribution in [-0.4, -0.2) is 24.9 Å². The van der Waals surface area contributed by atoms with E-state index in [0.29, 0.717) is 18.4 Å². The molecule has 0 N–H and O–H groups in total. The van der Waals surface area contributed by atoms with Crippen LogP contribution in [0.2, 0.25) is 0 Å². The van der Waals surface area contributed by atoms with Crippen LogP contribution in [0, 0.1) is 17.2 Å². The summed E-state index contributed by atoms with van der Waals surface area (Å²) >= 11 is 0. The van der Waals surface area contributed by atoms with Crippen LogP contribution < -0.4 is 0 Å². The van der Waals surface area contributed by atoms with Gasteiger partial charge in [-0.3, -0.25) is 0 Å². The predicted molar refractivity (Wildman–Crippen MR) is 51.7 cm³/mol. The van der Waals surface area contributed by atoms with Crippen molar-refractivity contribution in [3.05, 3.63) is 0 Å². The van der Waals surface area contributed by atoms with Crippen molar-refractivity contribution in [3.8, 4) is 6.07 Å². The van der Waals surface area contributed by atoms with E-state index in [0.717, 1.165) is 32.5 Å². The molecule has 14 heavy (non-hydrogen) atoms. The summed E-state index contributed by atoms with van der Waals surface area (Å²) in [7, 11) is 0. The second-order valence-corrected chi connectivity index (χ2v) is 4.60. The zero-order chi connectivity index (χ0) is 10.0. The van der Waals surface area contributed by atoms with E-state index in [4.69, 9.17) is 14.7 Å². The second kappa shape index (κ2) is 3.88. The molecule has 78 valence electrons. The van der Waals surface area contributed by atoms with Crippen LogP contribution >= 0.6 is 0 Å². The largest absolute Gasteiger partial charge is 0.381 e. The van der Waals surface area contributed by atoms with Gasteiger partial charge < -0.3 is 9.47 Å². The molecule has 2 heterocycles. The minimum atomic E-state index is -0.192. The van der Waals surface area contributed by atoms with Crippen molar-refractivity contribution in [3.63, 3.8) is 0 Å². The fourth-order valence-corrected chi connectivity index (χ4v) is 2.41. The Bertz CT molecular complexity index is 242. The molecule has 0 aromatic carbocycles. The molecule has 0 aliphatic carbocycles. The van der Waals surface area contributed by atoms with Crippen LogP contribution in [-0.2, 0) is 9.47 Å². The Labute approximate surface area is 85.0 Å². The summed E-state index contributed by atoms with van der Waals surface area (Å²) in [5.74, 6) is 0.565. The molecule has 2 fully saturated rings. The van der Waals surface area contributed by atoms with E-state index in [-0.39, 0.29) is 5.60 Å². The molecule has 2 aliphatic rings. The van der Waals surface area contributed by atoms with Crippen molar-refractivity contribution in [2.75, 3.05) is 13.2 Å². The average Bonchev–Trinajstić information content (AvgIpc) is 2.73. The topological polar surface area (TPSA) is 42.2 Å². The first kappa shape index (κ1) is 9.95. The Morgan fingerprint density at radius 2 is 2.36 bits per heavy atom. The summed E-state index contributed by atoms with van der Waals surface area (Å²) < 4.78 is 11.3. The fourth-order valence-electron chi connectivity index (χ4n) is 2.41. The van der Waals surface area contributed by atoms with Gasteiger partial charge in [0.2, 0.25) is 0 Å². The SMILES string of the molecule is CC1(CC#N)CCC(C2CCOC2)O1. The average molecular weight is 195 g/mol. The van der Waals surface area contributed by atoms with Gasteiger partial charge in [-0.15, -0.1) is 0 Å². The third-order valence-corrected chi connectivity index (χ3v) is 3.34. The molecule has 3 atom stereocenters. The molecule has 0 radical (unpaired) electrons. The Balaban J connectivity index is 1.90. The Morgan fingerprint density at radius 3 is 3.00 bits per heavy atom. The maximum absolute atomic E-state index is 8.69. The third kappa shape index (κ3) is 1.92. The molecule has 2 saturated heterocycles. The van der Waals surface area contributed by atoms with Crippen molar-refractivity contribution >= 4 is 0 Å². The lowest BCUT2D eigenvalue weighted by atomic mass is 9.96. The van der Waals surface area contributed by atoms with Gasteiger partial charge >= 0.3 is 0 Å². The molecule has 2 rings (SSSR count). The lowest BCUT2D eigenvalue weighted by Gasteiger charge is -2.24. The Morgan fingerprint density at radius 1 is 1.50 bits per heavy atom. The zero-order valence-corrected chi connectivity index (χ0v) is 8.66. The van der Waals surface area contributed by atoms with Crippen LogP contribution in [0.5, 0.6) is 0 Å². The van der Waals surface area contributed by atoms with Gasteiger partial charge in [0.1, 0.15) is 0 Å². The highest BCUT2D eigenvalue weighted by molar-refractivity contribution is 4.94. The lowest BCUT2D eigenvalue weighted by Crippen LogP contribution is -2.28. The summed E-state index contributed by atoms with van der Waals surface area (Å²) in [6.45, 7) is 3.76. The summed E-state index contributed by atoms with van der Waals surface area (Å²) in [4.78, 5) is 0. The number of hydrogen-bond acceptors (Lipinski definition) is 3. The summed E-state index contributed by atoms with van der Waals surface area (Å²) in [6.07, 6.45) is 4.06. The van der Waals surface area contributed by atoms with Gasteiger partial charge in [-0.25, -0.2) is 0 Å². The molecule has 3 nitrogen and oxygen atoms in total. The van der Waals surface area contributed by atoms with Crippen molar-refractivity contribution in [2.45, 2.75) is 44.3 Å². The molecule has 2 aliphatic heterocycles. The van der Waals surface area contributed by atoms with Crippen LogP contribution in [0.4, 0.5) is 0 Å². The first-order valence-corrected chi connectivity index (χ1v) is 5.36. The first-order valence-electron chi connectivity index (χ1n) is 5.36. The normalized spacial score (nSPS) is 42.6. The second-order valence-electron chi connectivity index (χ2n) is 4.60. The molecule has 0 saturated carbocycles. The van der Waals surface area contributed by atoms with E-state index in [2.05, 4.69) is 6.07 Å². The van der Waals surface area contributed by atoms with Gasteiger partial charge in [0.05, 0.1) is 30.8 Å². The number of rotatable bonds is 2. The monoisotopic (exact) mass is 195 g/mol. The van der Waals surface area contributed by atoms with E-state index < -0.39 is 0 Å². The quantitative estimate of drug-likeness (QED) is 0.675. The van der Waals surface area contributed by atoms with E-state index in [1.807, 2.05) is 6.92 Å². The van der Waals surface area contributed by atoms with Crippen LogP contribution in [0.1, 0.15) is 32.6 Å². The van der Waals surface area contributed by atoms with Gasteiger partial charge in [-0.2, -0.15) is 5.26 Å². The van der Waals surface area contributed by atoms with E-state index in [1.165, 1.54) is 0 Å². The number of nitriles is 1. The maximum atomic E-state index is 8.69. The molecule has 0 aromatic rings. The van der Waals surface area contributed by atoms with Crippen LogP contribution in [0.25, 0.3) is 0 Å². The highest BCUT2D eigenvalue weighted by atomic mass is 16.5. The van der Waals surface area contributed by atoms with Crippen LogP contribution in [0.3, 0.4) is 0 Å². The van der Waals surface area contributed by atoms with E-state index in [9.17, 15) is 0 Å². The molecule has 0 amide bonds. The molecule has 0 aromatic heterocycles. The highest BCUT2D eigenvalue weighted by Gasteiger charge is 2.40. The molecular weight excluding hydrogens is 178 g/mol. The van der Waals surface area contributed by atoms with Gasteiger partial charge in [-0.1, -0.05) is 0 Å². The van der Waals surface area contributed by atoms with Gasteiger partial charge in [0.25, 0.3) is 0 Å². The highest BCUT2D eigenvalue weighted by Crippen LogP contribution is 2.37. The standard InChI is InChI=1S/C11H17NO2/c1-11(5-6-12)4-2-10(14-11)9-3-7-13-8-9/h9-10H,2-5,7-8H2,1H3. The molecule has 0 spiro atoms. The van der Waals surface area contributed by atoms with E-state index >= 15 is 0 Å². The van der Waals surface area contributed by atoms with Crippen molar-refractivity contribution in [1.29, 1.82) is 5.26 Å². The zero-order valence-electron chi connectivity index (χ0n) is 8.66. The number of hydrogen-bond donors (Lipinski definition) is 0. The third-order valence-electron chi connectivity index (χ3n) is 3.34. The van der Waals surface area contributed by atoms with Gasteiger partial charge in [-0.05, 0) is 26.2 Å². The van der Waals surface area contributed by atoms with Crippen molar-refractivity contribution in [2.24, 2.45) is 5.92 Å². The maximum Gasteiger partial charge on any atom is 0.0788 e. The van der Waals surface area contributed by atoms with E-state index in [1.54, 1.807) is 0 Å². The number of nitrogens with zero attached hydrogens (tertiary/aromatic N) is 1. The fraction of sp³-hybridized carbons (Fsp3) is 0.909. The Kier molecular flexibility index (Phi) is 2.76. The van der Waals surface area contributed by atoms with Crippen LogP contribution in [0.15, 0.2) is 0 Å². The molecule has 0 bridgehead atoms. The minimum absolute atomic E-state index is 0.192. The van der Waals surface area contributed by atoms with Crippen molar-refractivity contribution in [1.82, 2.24) is 0 Å². The summed E-state index contributed by atoms with van der Waals surface area (Å²) in [5.41, 5.74) is -0.192. The summed E-state index contributed by atoms with van der Waals surface area (Å²) in [5, 5.41) is 8.69. The number of ether oxygens (including phenoxy) is 2. The van der Waals surface area contributed by atoms with Gasteiger partial charge in [0, 0.05) is 12.5 Å². The predicted octanol–water partition coefficient (Wildman–Crippen LogP) is 1.87. The van der Waals surface area contributed by atoms with Gasteiger partial charge in [0.15, 0.2) is 0 Å².